The van der Waals surface area contributed by atoms with Crippen LogP contribution in [0.2, 0.25) is 0 Å². The number of aromatic hydroxyl groups is 1. The fourth-order valence-corrected chi connectivity index (χ4v) is 1.17. The van der Waals surface area contributed by atoms with Crippen molar-refractivity contribution in [2.75, 3.05) is 0 Å². The summed E-state index contributed by atoms with van der Waals surface area (Å²) in [4.78, 5) is 11.6. The van der Waals surface area contributed by atoms with E-state index in [0.717, 1.165) is 5.56 Å². The molecule has 0 aliphatic heterocycles. The molecule has 0 aliphatic rings. The molecule has 16 heavy (non-hydrogen) atoms. The van der Waals surface area contributed by atoms with E-state index in [1.54, 1.807) is 39.0 Å². The summed E-state index contributed by atoms with van der Waals surface area (Å²) in [6.45, 7) is 7.34. The first-order chi connectivity index (χ1) is 7.34. The molecule has 0 atom stereocenters. The summed E-state index contributed by atoms with van der Waals surface area (Å²) in [6.07, 6.45) is 0.701. The molecule has 88 valence electrons. The minimum atomic E-state index is -0.524. The molecule has 3 heteroatoms. The molecule has 0 heterocycles. The Labute approximate surface area is 96.1 Å². The van der Waals surface area contributed by atoms with Crippen molar-refractivity contribution in [1.82, 2.24) is 0 Å². The molecule has 1 rings (SSSR count). The Hall–Kier alpha value is -1.51. The van der Waals surface area contributed by atoms with Gasteiger partial charge in [0.05, 0.1) is 5.41 Å². The van der Waals surface area contributed by atoms with Crippen LogP contribution in [0.3, 0.4) is 0 Å². The number of esters is 1. The molecular weight excluding hydrogens is 204 g/mol. The van der Waals surface area contributed by atoms with Crippen molar-refractivity contribution >= 4 is 5.97 Å². The van der Waals surface area contributed by atoms with Crippen LogP contribution in [0, 0.1) is 5.41 Å². The third-order valence-electron chi connectivity index (χ3n) is 2.25. The first kappa shape index (κ1) is 12.6. The average molecular weight is 222 g/mol. The Balaban J connectivity index is 2.87. The zero-order valence-corrected chi connectivity index (χ0v) is 10.2. The monoisotopic (exact) mass is 222 g/mol. The largest absolute Gasteiger partial charge is 0.508 e. The molecule has 0 saturated heterocycles. The molecule has 0 radical (unpaired) electrons. The smallest absolute Gasteiger partial charge is 0.316 e. The Morgan fingerprint density at radius 2 is 2.00 bits per heavy atom. The standard InChI is InChI=1S/C13H18O3/c1-5-9-8-10(6-7-11(9)14)16-12(15)13(2,3)4/h6-8,14H,5H2,1-4H3. The first-order valence-corrected chi connectivity index (χ1v) is 5.38. The molecule has 1 N–H and O–H groups in total. The molecule has 0 unspecified atom stereocenters. The van der Waals surface area contributed by atoms with Gasteiger partial charge in [-0.1, -0.05) is 6.92 Å². The van der Waals surface area contributed by atoms with Gasteiger partial charge in [0.1, 0.15) is 11.5 Å². The molecule has 1 aromatic rings. The third kappa shape index (κ3) is 2.99. The van der Waals surface area contributed by atoms with Crippen molar-refractivity contribution in [2.24, 2.45) is 5.41 Å². The van der Waals surface area contributed by atoms with Crippen molar-refractivity contribution in [2.45, 2.75) is 34.1 Å². The lowest BCUT2D eigenvalue weighted by atomic mass is 9.97. The van der Waals surface area contributed by atoms with Crippen LogP contribution in [0.1, 0.15) is 33.3 Å². The van der Waals surface area contributed by atoms with E-state index < -0.39 is 5.41 Å². The van der Waals surface area contributed by atoms with Gasteiger partial charge in [0.2, 0.25) is 0 Å². The number of carbonyl (C=O) groups excluding carboxylic acids is 1. The highest BCUT2D eigenvalue weighted by atomic mass is 16.5. The lowest BCUT2D eigenvalue weighted by molar-refractivity contribution is -0.143. The zero-order valence-electron chi connectivity index (χ0n) is 10.2. The second kappa shape index (κ2) is 4.56. The number of aryl methyl sites for hydroxylation is 1. The van der Waals surface area contributed by atoms with E-state index in [9.17, 15) is 9.90 Å². The topological polar surface area (TPSA) is 46.5 Å². The summed E-state index contributed by atoms with van der Waals surface area (Å²) in [6, 6.07) is 4.83. The van der Waals surface area contributed by atoms with E-state index in [0.29, 0.717) is 12.2 Å². The van der Waals surface area contributed by atoms with Crippen molar-refractivity contribution in [3.05, 3.63) is 23.8 Å². The summed E-state index contributed by atoms with van der Waals surface area (Å²) >= 11 is 0. The number of benzene rings is 1. The lowest BCUT2D eigenvalue weighted by Gasteiger charge is -2.16. The zero-order chi connectivity index (χ0) is 12.3. The first-order valence-electron chi connectivity index (χ1n) is 5.38. The van der Waals surface area contributed by atoms with Crippen LogP contribution in [0.25, 0.3) is 0 Å². The van der Waals surface area contributed by atoms with E-state index in [4.69, 9.17) is 4.74 Å². The molecule has 0 spiro atoms. The number of phenols is 1. The van der Waals surface area contributed by atoms with Crippen LogP contribution in [0.4, 0.5) is 0 Å². The maximum Gasteiger partial charge on any atom is 0.316 e. The Morgan fingerprint density at radius 1 is 1.38 bits per heavy atom. The minimum absolute atomic E-state index is 0.234. The quantitative estimate of drug-likeness (QED) is 0.618. The van der Waals surface area contributed by atoms with Gasteiger partial charge in [0, 0.05) is 0 Å². The van der Waals surface area contributed by atoms with Crippen LogP contribution in [-0.4, -0.2) is 11.1 Å². The number of phenolic OH excluding ortho intramolecular Hbond substituents is 1. The summed E-state index contributed by atoms with van der Waals surface area (Å²) in [5, 5.41) is 9.49. The average Bonchev–Trinajstić information content (AvgIpc) is 2.19. The number of hydrogen-bond acceptors (Lipinski definition) is 3. The molecule has 0 bridgehead atoms. The van der Waals surface area contributed by atoms with Crippen LogP contribution >= 0.6 is 0 Å². The van der Waals surface area contributed by atoms with E-state index >= 15 is 0 Å². The summed E-state index contributed by atoms with van der Waals surface area (Å²) in [5.41, 5.74) is 0.253. The summed E-state index contributed by atoms with van der Waals surface area (Å²) < 4.78 is 5.23. The number of carbonyl (C=O) groups is 1. The van der Waals surface area contributed by atoms with Gasteiger partial charge >= 0.3 is 5.97 Å². The summed E-state index contributed by atoms with van der Waals surface area (Å²) in [5.74, 6) is 0.438. The SMILES string of the molecule is CCc1cc(OC(=O)C(C)(C)C)ccc1O. The second-order valence-corrected chi connectivity index (χ2v) is 4.78. The molecule has 0 fully saturated rings. The van der Waals surface area contributed by atoms with Crippen LogP contribution < -0.4 is 4.74 Å². The Kier molecular flexibility index (Phi) is 3.58. The number of ether oxygens (including phenoxy) is 1. The van der Waals surface area contributed by atoms with Crippen LogP contribution in [0.5, 0.6) is 11.5 Å². The second-order valence-electron chi connectivity index (χ2n) is 4.78. The van der Waals surface area contributed by atoms with E-state index in [-0.39, 0.29) is 11.7 Å². The van der Waals surface area contributed by atoms with Gasteiger partial charge in [-0.3, -0.25) is 4.79 Å². The van der Waals surface area contributed by atoms with Crippen molar-refractivity contribution in [1.29, 1.82) is 0 Å². The predicted octanol–water partition coefficient (Wildman–Crippen LogP) is 2.91. The highest BCUT2D eigenvalue weighted by Crippen LogP contribution is 2.25. The van der Waals surface area contributed by atoms with Crippen molar-refractivity contribution in [3.8, 4) is 11.5 Å². The van der Waals surface area contributed by atoms with Crippen LogP contribution in [-0.2, 0) is 11.2 Å². The number of rotatable bonds is 2. The van der Waals surface area contributed by atoms with Crippen molar-refractivity contribution < 1.29 is 14.6 Å². The molecule has 3 nitrogen and oxygen atoms in total. The highest BCUT2D eigenvalue weighted by molar-refractivity contribution is 5.77. The molecule has 0 amide bonds. The van der Waals surface area contributed by atoms with Gasteiger partial charge in [0.25, 0.3) is 0 Å². The third-order valence-corrected chi connectivity index (χ3v) is 2.25. The molecule has 0 saturated carbocycles. The minimum Gasteiger partial charge on any atom is -0.508 e. The predicted molar refractivity (Wildman–Crippen MR) is 62.6 cm³/mol. The maximum atomic E-state index is 11.6. The van der Waals surface area contributed by atoms with Gasteiger partial charge in [-0.2, -0.15) is 0 Å². The Bertz CT molecular complexity index is 389. The fourth-order valence-electron chi connectivity index (χ4n) is 1.17. The molecule has 0 aromatic heterocycles. The van der Waals surface area contributed by atoms with Gasteiger partial charge in [-0.05, 0) is 51.0 Å². The van der Waals surface area contributed by atoms with Crippen LogP contribution in [0.15, 0.2) is 18.2 Å². The van der Waals surface area contributed by atoms with E-state index in [1.807, 2.05) is 6.92 Å². The van der Waals surface area contributed by atoms with E-state index in [2.05, 4.69) is 0 Å². The maximum absolute atomic E-state index is 11.6. The van der Waals surface area contributed by atoms with Gasteiger partial charge < -0.3 is 9.84 Å². The fraction of sp³-hybridized carbons (Fsp3) is 0.462. The van der Waals surface area contributed by atoms with E-state index in [1.165, 1.54) is 0 Å². The van der Waals surface area contributed by atoms with Gasteiger partial charge in [-0.15, -0.1) is 0 Å². The molecular formula is C13H18O3. The van der Waals surface area contributed by atoms with Crippen molar-refractivity contribution in [3.63, 3.8) is 0 Å². The number of hydrogen-bond donors (Lipinski definition) is 1. The summed E-state index contributed by atoms with van der Waals surface area (Å²) in [7, 11) is 0. The van der Waals surface area contributed by atoms with Gasteiger partial charge in [-0.25, -0.2) is 0 Å². The van der Waals surface area contributed by atoms with Gasteiger partial charge in [0.15, 0.2) is 0 Å². The molecule has 1 aromatic carbocycles. The normalized spacial score (nSPS) is 11.2. The Morgan fingerprint density at radius 3 is 2.50 bits per heavy atom. The lowest BCUT2D eigenvalue weighted by Crippen LogP contribution is -2.25. The molecule has 0 aliphatic carbocycles. The highest BCUT2D eigenvalue weighted by Gasteiger charge is 2.23.